The van der Waals surface area contributed by atoms with Crippen molar-refractivity contribution in [2.75, 3.05) is 6.61 Å². The van der Waals surface area contributed by atoms with Crippen molar-refractivity contribution in [3.05, 3.63) is 27.7 Å². The van der Waals surface area contributed by atoms with E-state index in [1.807, 2.05) is 0 Å². The second-order valence-corrected chi connectivity index (χ2v) is 6.54. The first-order valence-electron chi connectivity index (χ1n) is 6.77. The van der Waals surface area contributed by atoms with Crippen molar-refractivity contribution in [1.29, 1.82) is 0 Å². The van der Waals surface area contributed by atoms with E-state index in [9.17, 15) is 5.11 Å². The van der Waals surface area contributed by atoms with Crippen molar-refractivity contribution < 1.29 is 9.84 Å². The van der Waals surface area contributed by atoms with E-state index >= 15 is 0 Å². The van der Waals surface area contributed by atoms with Crippen LogP contribution in [0, 0.1) is 11.8 Å². The number of aliphatic hydroxyl groups is 1. The second kappa shape index (κ2) is 4.86. The molecule has 2 aliphatic rings. The number of halogens is 1. The van der Waals surface area contributed by atoms with E-state index in [2.05, 4.69) is 35.0 Å². The van der Waals surface area contributed by atoms with Crippen molar-refractivity contribution in [3.8, 4) is 5.75 Å². The number of hydrogen-bond acceptors (Lipinski definition) is 2. The van der Waals surface area contributed by atoms with Gasteiger partial charge in [0.25, 0.3) is 0 Å². The van der Waals surface area contributed by atoms with Crippen LogP contribution in [0.15, 0.2) is 16.6 Å². The van der Waals surface area contributed by atoms with Crippen LogP contribution in [-0.2, 0) is 12.8 Å². The van der Waals surface area contributed by atoms with E-state index in [0.29, 0.717) is 12.3 Å². The van der Waals surface area contributed by atoms with Crippen LogP contribution < -0.4 is 4.74 Å². The highest BCUT2D eigenvalue weighted by Crippen LogP contribution is 2.40. The van der Waals surface area contributed by atoms with Crippen LogP contribution in [0.5, 0.6) is 5.75 Å². The smallest absolute Gasteiger partial charge is 0.125 e. The van der Waals surface area contributed by atoms with Gasteiger partial charge < -0.3 is 9.84 Å². The molecule has 2 unspecified atom stereocenters. The Kier molecular flexibility index (Phi) is 3.37. The van der Waals surface area contributed by atoms with Crippen LogP contribution >= 0.6 is 15.9 Å². The van der Waals surface area contributed by atoms with Crippen LogP contribution in [0.2, 0.25) is 0 Å². The summed E-state index contributed by atoms with van der Waals surface area (Å²) in [5, 5.41) is 10.3. The lowest BCUT2D eigenvalue weighted by Gasteiger charge is -2.19. The lowest BCUT2D eigenvalue weighted by atomic mass is 9.92. The Balaban J connectivity index is 1.79. The van der Waals surface area contributed by atoms with Crippen molar-refractivity contribution in [3.63, 3.8) is 0 Å². The van der Waals surface area contributed by atoms with E-state index in [1.54, 1.807) is 0 Å². The van der Waals surface area contributed by atoms with Crippen molar-refractivity contribution >= 4 is 15.9 Å². The second-order valence-electron chi connectivity index (χ2n) is 5.62. The fourth-order valence-corrected chi connectivity index (χ4v) is 3.40. The standard InChI is InChI=1S/C15H19BrO2/c1-9(10-2-3-10)14(17)8-12-7-13(16)6-11-4-5-18-15(11)12/h6-7,9-10,14,17H,2-5,8H2,1H3. The van der Waals surface area contributed by atoms with E-state index < -0.39 is 0 Å². The Morgan fingerprint density at radius 2 is 2.22 bits per heavy atom. The third kappa shape index (κ3) is 2.43. The number of ether oxygens (including phenoxy) is 1. The van der Waals surface area contributed by atoms with Gasteiger partial charge in [0.05, 0.1) is 12.7 Å². The number of fused-ring (bicyclic) bond motifs is 1. The Hall–Kier alpha value is -0.540. The molecule has 0 spiro atoms. The average Bonchev–Trinajstić information content (AvgIpc) is 3.07. The molecule has 1 heterocycles. The number of rotatable bonds is 4. The van der Waals surface area contributed by atoms with E-state index in [-0.39, 0.29) is 6.10 Å². The molecule has 2 atom stereocenters. The zero-order chi connectivity index (χ0) is 12.7. The molecule has 0 saturated heterocycles. The van der Waals surface area contributed by atoms with Gasteiger partial charge >= 0.3 is 0 Å². The maximum absolute atomic E-state index is 10.3. The molecule has 1 aromatic carbocycles. The third-order valence-corrected chi connectivity index (χ3v) is 4.68. The summed E-state index contributed by atoms with van der Waals surface area (Å²) in [5.74, 6) is 2.16. The minimum atomic E-state index is -0.250. The normalized spacial score (nSPS) is 21.3. The van der Waals surface area contributed by atoms with Gasteiger partial charge in [0.15, 0.2) is 0 Å². The van der Waals surface area contributed by atoms with Gasteiger partial charge in [0.2, 0.25) is 0 Å². The predicted octanol–water partition coefficient (Wildman–Crippen LogP) is 3.33. The van der Waals surface area contributed by atoms with Crippen LogP contribution in [0.3, 0.4) is 0 Å². The molecular formula is C15H19BrO2. The SMILES string of the molecule is CC(C(O)Cc1cc(Br)cc2c1OCC2)C1CC1. The lowest BCUT2D eigenvalue weighted by molar-refractivity contribution is 0.105. The molecule has 1 saturated carbocycles. The fourth-order valence-electron chi connectivity index (χ4n) is 2.85. The van der Waals surface area contributed by atoms with Gasteiger partial charge in [-0.3, -0.25) is 0 Å². The molecular weight excluding hydrogens is 292 g/mol. The summed E-state index contributed by atoms with van der Waals surface area (Å²) in [4.78, 5) is 0. The van der Waals surface area contributed by atoms with E-state index in [4.69, 9.17) is 4.74 Å². The molecule has 1 aliphatic heterocycles. The Morgan fingerprint density at radius 1 is 1.44 bits per heavy atom. The first-order valence-corrected chi connectivity index (χ1v) is 7.56. The number of hydrogen-bond donors (Lipinski definition) is 1. The molecule has 0 radical (unpaired) electrons. The zero-order valence-corrected chi connectivity index (χ0v) is 12.2. The zero-order valence-electron chi connectivity index (χ0n) is 10.7. The monoisotopic (exact) mass is 310 g/mol. The van der Waals surface area contributed by atoms with Crippen LogP contribution in [0.25, 0.3) is 0 Å². The fraction of sp³-hybridized carbons (Fsp3) is 0.600. The summed E-state index contributed by atoms with van der Waals surface area (Å²) in [7, 11) is 0. The van der Waals surface area contributed by atoms with Crippen LogP contribution in [-0.4, -0.2) is 17.8 Å². The number of aliphatic hydroxyl groups excluding tert-OH is 1. The molecule has 0 bridgehead atoms. The van der Waals surface area contributed by atoms with E-state index in [0.717, 1.165) is 34.7 Å². The maximum Gasteiger partial charge on any atom is 0.125 e. The molecule has 18 heavy (non-hydrogen) atoms. The lowest BCUT2D eigenvalue weighted by Crippen LogP contribution is -2.22. The molecule has 0 amide bonds. The third-order valence-electron chi connectivity index (χ3n) is 4.23. The van der Waals surface area contributed by atoms with Crippen LogP contribution in [0.1, 0.15) is 30.9 Å². The molecule has 3 heteroatoms. The van der Waals surface area contributed by atoms with Crippen LogP contribution in [0.4, 0.5) is 0 Å². The summed E-state index contributed by atoms with van der Waals surface area (Å²) >= 11 is 3.55. The summed E-state index contributed by atoms with van der Waals surface area (Å²) in [6.07, 6.45) is 4.01. The minimum Gasteiger partial charge on any atom is -0.493 e. The highest BCUT2D eigenvalue weighted by atomic mass is 79.9. The highest BCUT2D eigenvalue weighted by molar-refractivity contribution is 9.10. The molecule has 3 rings (SSSR count). The van der Waals surface area contributed by atoms with Gasteiger partial charge in [-0.15, -0.1) is 0 Å². The minimum absolute atomic E-state index is 0.250. The van der Waals surface area contributed by atoms with Crippen molar-refractivity contribution in [1.82, 2.24) is 0 Å². The quantitative estimate of drug-likeness (QED) is 0.924. The first kappa shape index (κ1) is 12.5. The Labute approximate surface area is 116 Å². The van der Waals surface area contributed by atoms with Gasteiger partial charge in [-0.2, -0.15) is 0 Å². The summed E-state index contributed by atoms with van der Waals surface area (Å²) in [5.41, 5.74) is 2.42. The van der Waals surface area contributed by atoms with Crippen molar-refractivity contribution in [2.45, 2.75) is 38.7 Å². The molecule has 2 nitrogen and oxygen atoms in total. The van der Waals surface area contributed by atoms with Gasteiger partial charge in [-0.25, -0.2) is 0 Å². The van der Waals surface area contributed by atoms with Gasteiger partial charge in [0.1, 0.15) is 5.75 Å². The summed E-state index contributed by atoms with van der Waals surface area (Å²) < 4.78 is 6.80. The largest absolute Gasteiger partial charge is 0.493 e. The van der Waals surface area contributed by atoms with Gasteiger partial charge in [-0.1, -0.05) is 22.9 Å². The van der Waals surface area contributed by atoms with Crippen molar-refractivity contribution in [2.24, 2.45) is 11.8 Å². The summed E-state index contributed by atoms with van der Waals surface area (Å²) in [6, 6.07) is 4.22. The highest BCUT2D eigenvalue weighted by Gasteiger charge is 2.33. The van der Waals surface area contributed by atoms with Gasteiger partial charge in [-0.05, 0) is 47.9 Å². The maximum atomic E-state index is 10.3. The topological polar surface area (TPSA) is 29.5 Å². The first-order chi connectivity index (χ1) is 8.65. The molecule has 0 aromatic heterocycles. The molecule has 1 fully saturated rings. The average molecular weight is 311 g/mol. The molecule has 98 valence electrons. The predicted molar refractivity (Wildman–Crippen MR) is 74.9 cm³/mol. The Morgan fingerprint density at radius 3 is 2.94 bits per heavy atom. The molecule has 1 aliphatic carbocycles. The van der Waals surface area contributed by atoms with E-state index in [1.165, 1.54) is 18.4 Å². The summed E-state index contributed by atoms with van der Waals surface area (Å²) in [6.45, 7) is 2.94. The molecule has 1 N–H and O–H groups in total. The molecule has 1 aromatic rings. The number of benzene rings is 1. The Bertz CT molecular complexity index is 454. The van der Waals surface area contributed by atoms with Gasteiger partial charge in [0, 0.05) is 17.3 Å².